The minimum atomic E-state index is -3.77. The van der Waals surface area contributed by atoms with Crippen LogP contribution in [-0.4, -0.2) is 23.3 Å². The summed E-state index contributed by atoms with van der Waals surface area (Å²) in [5.74, 6) is 0.154. The van der Waals surface area contributed by atoms with Gasteiger partial charge in [-0.25, -0.2) is 12.4 Å². The smallest absolute Gasteiger partial charge is 0.268 e. The van der Waals surface area contributed by atoms with E-state index in [-0.39, 0.29) is 22.3 Å². The van der Waals surface area contributed by atoms with Gasteiger partial charge >= 0.3 is 0 Å². The molecule has 0 radical (unpaired) electrons. The highest BCUT2D eigenvalue weighted by molar-refractivity contribution is 7.90. The number of fused-ring (bicyclic) bond motifs is 1. The molecule has 0 bridgehead atoms. The largest absolute Gasteiger partial charge is 0.508 e. The van der Waals surface area contributed by atoms with Gasteiger partial charge in [0.25, 0.3) is 10.0 Å². The van der Waals surface area contributed by atoms with Gasteiger partial charge in [-0.05, 0) is 62.1 Å². The van der Waals surface area contributed by atoms with Gasteiger partial charge < -0.3 is 9.90 Å². The number of benzene rings is 2. The zero-order chi connectivity index (χ0) is 19.8. The number of ketones is 1. The molecule has 27 heavy (non-hydrogen) atoms. The molecule has 142 valence electrons. The molecule has 0 fully saturated rings. The Balaban J connectivity index is 2.16. The first kappa shape index (κ1) is 19.2. The molecule has 2 aromatic carbocycles. The predicted octanol–water partition coefficient (Wildman–Crippen LogP) is 4.37. The molecule has 0 saturated carbocycles. The molecular weight excluding hydrogens is 362 g/mol. The first-order valence-corrected chi connectivity index (χ1v) is 10.3. The molecule has 5 nitrogen and oxygen atoms in total. The van der Waals surface area contributed by atoms with Crippen molar-refractivity contribution in [3.63, 3.8) is 0 Å². The van der Waals surface area contributed by atoms with Gasteiger partial charge in [0, 0.05) is 18.0 Å². The number of Topliss-reactive ketones (excluding diaryl/α,β-unsaturated/α-hetero) is 1. The quantitative estimate of drug-likeness (QED) is 0.684. The first-order valence-electron chi connectivity index (χ1n) is 8.86. The van der Waals surface area contributed by atoms with E-state index in [1.807, 2.05) is 13.8 Å². The number of hydrogen-bond donors (Lipinski definition) is 1. The predicted molar refractivity (Wildman–Crippen MR) is 106 cm³/mol. The number of hydrogen-bond acceptors (Lipinski definition) is 4. The third-order valence-corrected chi connectivity index (χ3v) is 6.51. The molecule has 0 aliphatic carbocycles. The van der Waals surface area contributed by atoms with Gasteiger partial charge in [0.05, 0.1) is 10.4 Å². The molecule has 0 amide bonds. The number of aryl methyl sites for hydroxylation is 1. The molecule has 1 atom stereocenters. The van der Waals surface area contributed by atoms with Crippen molar-refractivity contribution in [2.45, 2.75) is 44.4 Å². The lowest BCUT2D eigenvalue weighted by Crippen LogP contribution is -2.12. The summed E-state index contributed by atoms with van der Waals surface area (Å²) in [6.45, 7) is 5.41. The molecule has 1 N–H and O–H groups in total. The number of aromatic nitrogens is 1. The summed E-state index contributed by atoms with van der Waals surface area (Å²) in [6, 6.07) is 11.4. The normalized spacial score (nSPS) is 13.0. The van der Waals surface area contributed by atoms with Crippen LogP contribution in [0, 0.1) is 6.92 Å². The third kappa shape index (κ3) is 3.76. The Morgan fingerprint density at radius 3 is 2.44 bits per heavy atom. The van der Waals surface area contributed by atoms with Crippen molar-refractivity contribution in [3.05, 3.63) is 59.8 Å². The van der Waals surface area contributed by atoms with Crippen LogP contribution >= 0.6 is 0 Å². The van der Waals surface area contributed by atoms with Crippen LogP contribution < -0.4 is 0 Å². The highest BCUT2D eigenvalue weighted by Gasteiger charge is 2.23. The lowest BCUT2D eigenvalue weighted by atomic mass is 9.95. The van der Waals surface area contributed by atoms with E-state index in [2.05, 4.69) is 0 Å². The van der Waals surface area contributed by atoms with E-state index >= 15 is 0 Å². The van der Waals surface area contributed by atoms with Gasteiger partial charge in [-0.2, -0.15) is 0 Å². The molecule has 0 spiro atoms. The number of aromatic hydroxyl groups is 1. The minimum Gasteiger partial charge on any atom is -0.508 e. The number of phenolic OH excluding ortho intramolecular Hbond substituents is 1. The average molecular weight is 385 g/mol. The Hall–Kier alpha value is -2.60. The lowest BCUT2D eigenvalue weighted by Gasteiger charge is -2.09. The van der Waals surface area contributed by atoms with Crippen LogP contribution in [0.5, 0.6) is 5.75 Å². The molecule has 1 heterocycles. The van der Waals surface area contributed by atoms with E-state index in [0.717, 1.165) is 11.1 Å². The standard InChI is InChI=1S/C21H23NO4S/c1-14-4-9-18(10-5-14)27(25,26)22-13-20(15(2)6-7-16(3)23)19-12-17(24)8-11-21(19)22/h4-5,8-13,15,24H,6-7H2,1-3H3. The number of rotatable bonds is 6. The summed E-state index contributed by atoms with van der Waals surface area (Å²) in [4.78, 5) is 11.5. The van der Waals surface area contributed by atoms with Crippen molar-refractivity contribution in [1.29, 1.82) is 0 Å². The Bertz CT molecular complexity index is 1100. The second-order valence-corrected chi connectivity index (χ2v) is 8.86. The number of carbonyl (C=O) groups excluding carboxylic acids is 1. The van der Waals surface area contributed by atoms with Crippen molar-refractivity contribution in [3.8, 4) is 5.75 Å². The molecule has 1 unspecified atom stereocenters. The van der Waals surface area contributed by atoms with Gasteiger partial charge in [0.1, 0.15) is 11.5 Å². The summed E-state index contributed by atoms with van der Waals surface area (Å²) in [5, 5.41) is 10.6. The van der Waals surface area contributed by atoms with Gasteiger partial charge in [-0.15, -0.1) is 0 Å². The van der Waals surface area contributed by atoms with E-state index in [9.17, 15) is 18.3 Å². The topological polar surface area (TPSA) is 76.4 Å². The van der Waals surface area contributed by atoms with Gasteiger partial charge in [-0.3, -0.25) is 0 Å². The zero-order valence-corrected chi connectivity index (χ0v) is 16.5. The van der Waals surface area contributed by atoms with Crippen LogP contribution in [0.3, 0.4) is 0 Å². The maximum Gasteiger partial charge on any atom is 0.268 e. The maximum absolute atomic E-state index is 13.2. The van der Waals surface area contributed by atoms with Crippen LogP contribution in [0.4, 0.5) is 0 Å². The highest BCUT2D eigenvalue weighted by atomic mass is 32.2. The fraction of sp³-hybridized carbons (Fsp3) is 0.286. The molecule has 1 aromatic heterocycles. The Kier molecular flexibility index (Phi) is 5.11. The summed E-state index contributed by atoms with van der Waals surface area (Å²) >= 11 is 0. The highest BCUT2D eigenvalue weighted by Crippen LogP contribution is 2.34. The Morgan fingerprint density at radius 1 is 1.15 bits per heavy atom. The first-order chi connectivity index (χ1) is 12.7. The van der Waals surface area contributed by atoms with E-state index in [0.29, 0.717) is 23.7 Å². The van der Waals surface area contributed by atoms with Crippen LogP contribution in [-0.2, 0) is 14.8 Å². The van der Waals surface area contributed by atoms with Gasteiger partial charge in [0.2, 0.25) is 0 Å². The van der Waals surface area contributed by atoms with Gasteiger partial charge in [0.15, 0.2) is 0 Å². The van der Waals surface area contributed by atoms with Crippen LogP contribution in [0.1, 0.15) is 43.7 Å². The molecule has 6 heteroatoms. The summed E-state index contributed by atoms with van der Waals surface area (Å²) in [7, 11) is -3.77. The van der Waals surface area contributed by atoms with Crippen LogP contribution in [0.2, 0.25) is 0 Å². The minimum absolute atomic E-state index is 0.0207. The van der Waals surface area contributed by atoms with Crippen molar-refractivity contribution in [2.24, 2.45) is 0 Å². The lowest BCUT2D eigenvalue weighted by molar-refractivity contribution is -0.117. The fourth-order valence-corrected chi connectivity index (χ4v) is 4.58. The zero-order valence-electron chi connectivity index (χ0n) is 15.6. The molecule has 3 rings (SSSR count). The summed E-state index contributed by atoms with van der Waals surface area (Å²) < 4.78 is 27.7. The second kappa shape index (κ2) is 7.19. The van der Waals surface area contributed by atoms with Crippen molar-refractivity contribution in [2.75, 3.05) is 0 Å². The molecule has 3 aromatic rings. The molecule has 0 aliphatic rings. The third-order valence-electron chi connectivity index (χ3n) is 4.82. The Labute approximate surface area is 159 Å². The SMILES string of the molecule is CC(=O)CCC(C)c1cn(S(=O)(=O)c2ccc(C)cc2)c2ccc(O)cc12. The van der Waals surface area contributed by atoms with Crippen molar-refractivity contribution < 1.29 is 18.3 Å². The molecule has 0 aliphatic heterocycles. The number of nitrogens with zero attached hydrogens (tertiary/aromatic N) is 1. The summed E-state index contributed by atoms with van der Waals surface area (Å²) in [5.41, 5.74) is 2.30. The fourth-order valence-electron chi connectivity index (χ4n) is 3.20. The second-order valence-electron chi connectivity index (χ2n) is 7.04. The molecule has 0 saturated heterocycles. The number of phenols is 1. The Morgan fingerprint density at radius 2 is 1.81 bits per heavy atom. The molecular formula is C21H23NO4S. The van der Waals surface area contributed by atoms with E-state index in [4.69, 9.17) is 0 Å². The summed E-state index contributed by atoms with van der Waals surface area (Å²) in [6.07, 6.45) is 2.66. The van der Waals surface area contributed by atoms with Crippen LogP contribution in [0.25, 0.3) is 10.9 Å². The average Bonchev–Trinajstić information content (AvgIpc) is 2.99. The van der Waals surface area contributed by atoms with Crippen molar-refractivity contribution >= 4 is 26.7 Å². The number of carbonyl (C=O) groups is 1. The maximum atomic E-state index is 13.2. The monoisotopic (exact) mass is 385 g/mol. The van der Waals surface area contributed by atoms with Crippen LogP contribution in [0.15, 0.2) is 53.6 Å². The van der Waals surface area contributed by atoms with E-state index < -0.39 is 10.0 Å². The van der Waals surface area contributed by atoms with E-state index in [1.165, 1.54) is 10.0 Å². The van der Waals surface area contributed by atoms with Gasteiger partial charge in [-0.1, -0.05) is 24.6 Å². The van der Waals surface area contributed by atoms with E-state index in [1.54, 1.807) is 49.5 Å². The van der Waals surface area contributed by atoms with Crippen molar-refractivity contribution in [1.82, 2.24) is 3.97 Å².